The minimum absolute atomic E-state index is 0.00879. The lowest BCUT2D eigenvalue weighted by Gasteiger charge is -2.20. The van der Waals surface area contributed by atoms with Crippen molar-refractivity contribution in [2.24, 2.45) is 0 Å². The zero-order valence-corrected chi connectivity index (χ0v) is 13.2. The fourth-order valence-electron chi connectivity index (χ4n) is 2.12. The van der Waals surface area contributed by atoms with E-state index >= 15 is 0 Å². The van der Waals surface area contributed by atoms with Gasteiger partial charge in [0.2, 0.25) is 5.91 Å². The highest BCUT2D eigenvalue weighted by atomic mass is 16.1. The second-order valence-electron chi connectivity index (χ2n) is 4.93. The van der Waals surface area contributed by atoms with Crippen molar-refractivity contribution < 1.29 is 4.79 Å². The molecule has 1 amide bonds. The van der Waals surface area contributed by atoms with Crippen molar-refractivity contribution in [3.05, 3.63) is 48.0 Å². The molecular weight excluding hydrogens is 262 g/mol. The zero-order chi connectivity index (χ0) is 15.5. The van der Waals surface area contributed by atoms with Crippen LogP contribution in [0.15, 0.2) is 36.9 Å². The summed E-state index contributed by atoms with van der Waals surface area (Å²) >= 11 is 0. The number of carbonyl (C=O) groups is 1. The maximum Gasteiger partial charge on any atom is 0.234 e. The van der Waals surface area contributed by atoms with Crippen LogP contribution in [0, 0.1) is 0 Å². The number of hydrogen-bond acceptors (Lipinski definition) is 3. The predicted octanol–water partition coefficient (Wildman–Crippen LogP) is 1.92. The molecule has 0 aromatic heterocycles. The Hall–Kier alpha value is -1.65. The Balaban J connectivity index is 2.54. The predicted molar refractivity (Wildman–Crippen MR) is 88.0 cm³/mol. The quantitative estimate of drug-likeness (QED) is 0.511. The summed E-state index contributed by atoms with van der Waals surface area (Å²) < 4.78 is 0. The van der Waals surface area contributed by atoms with E-state index in [0.717, 1.165) is 19.6 Å². The summed E-state index contributed by atoms with van der Waals surface area (Å²) in [5, 5.41) is 5.95. The van der Waals surface area contributed by atoms with Crippen LogP contribution in [-0.2, 0) is 17.9 Å². The Labute approximate surface area is 128 Å². The van der Waals surface area contributed by atoms with Gasteiger partial charge in [-0.05, 0) is 24.2 Å². The summed E-state index contributed by atoms with van der Waals surface area (Å²) in [4.78, 5) is 14.1. The van der Waals surface area contributed by atoms with E-state index in [0.29, 0.717) is 19.6 Å². The molecule has 0 aliphatic rings. The number of nitrogens with one attached hydrogen (secondary N) is 2. The SMILES string of the molecule is C=CCNCC(=O)NCc1ccccc1CN(CC)CC. The lowest BCUT2D eigenvalue weighted by molar-refractivity contribution is -0.120. The number of rotatable bonds is 10. The molecule has 1 rings (SSSR count). The molecule has 0 unspecified atom stereocenters. The van der Waals surface area contributed by atoms with Crippen LogP contribution in [0.1, 0.15) is 25.0 Å². The van der Waals surface area contributed by atoms with E-state index in [9.17, 15) is 4.79 Å². The van der Waals surface area contributed by atoms with E-state index < -0.39 is 0 Å². The van der Waals surface area contributed by atoms with E-state index in [-0.39, 0.29) is 5.91 Å². The van der Waals surface area contributed by atoms with Crippen LogP contribution in [0.4, 0.5) is 0 Å². The van der Waals surface area contributed by atoms with Gasteiger partial charge < -0.3 is 10.6 Å². The lowest BCUT2D eigenvalue weighted by atomic mass is 10.1. The Kier molecular flexibility index (Phi) is 8.40. The van der Waals surface area contributed by atoms with Gasteiger partial charge >= 0.3 is 0 Å². The average Bonchev–Trinajstić information content (AvgIpc) is 2.51. The maximum atomic E-state index is 11.7. The monoisotopic (exact) mass is 289 g/mol. The zero-order valence-electron chi connectivity index (χ0n) is 13.2. The summed E-state index contributed by atoms with van der Waals surface area (Å²) in [6.07, 6.45) is 1.74. The third kappa shape index (κ3) is 6.56. The van der Waals surface area contributed by atoms with Crippen LogP contribution in [0.25, 0.3) is 0 Å². The van der Waals surface area contributed by atoms with E-state index in [1.54, 1.807) is 6.08 Å². The molecule has 0 spiro atoms. The number of carbonyl (C=O) groups excluding carboxylic acids is 1. The Bertz CT molecular complexity index is 441. The van der Waals surface area contributed by atoms with Crippen molar-refractivity contribution in [2.75, 3.05) is 26.2 Å². The van der Waals surface area contributed by atoms with Gasteiger partial charge in [-0.2, -0.15) is 0 Å². The van der Waals surface area contributed by atoms with Crippen molar-refractivity contribution in [3.8, 4) is 0 Å². The fourth-order valence-corrected chi connectivity index (χ4v) is 2.12. The summed E-state index contributed by atoms with van der Waals surface area (Å²) in [7, 11) is 0. The molecule has 1 aromatic rings. The molecule has 0 aliphatic heterocycles. The average molecular weight is 289 g/mol. The van der Waals surface area contributed by atoms with Gasteiger partial charge in [0.25, 0.3) is 0 Å². The highest BCUT2D eigenvalue weighted by molar-refractivity contribution is 5.78. The minimum Gasteiger partial charge on any atom is -0.351 e. The molecule has 21 heavy (non-hydrogen) atoms. The van der Waals surface area contributed by atoms with Crippen LogP contribution in [-0.4, -0.2) is 37.0 Å². The van der Waals surface area contributed by atoms with E-state index in [1.807, 2.05) is 6.07 Å². The molecule has 0 saturated carbocycles. The summed E-state index contributed by atoms with van der Waals surface area (Å²) in [5.74, 6) is 0.00879. The van der Waals surface area contributed by atoms with Crippen LogP contribution < -0.4 is 10.6 Å². The molecule has 0 bridgehead atoms. The van der Waals surface area contributed by atoms with Crippen LogP contribution in [0.3, 0.4) is 0 Å². The smallest absolute Gasteiger partial charge is 0.234 e. The third-order valence-corrected chi connectivity index (χ3v) is 3.46. The van der Waals surface area contributed by atoms with Gasteiger partial charge in [0.1, 0.15) is 0 Å². The maximum absolute atomic E-state index is 11.7. The minimum atomic E-state index is 0.00879. The topological polar surface area (TPSA) is 44.4 Å². The molecular formula is C17H27N3O. The molecule has 0 radical (unpaired) electrons. The Morgan fingerprint density at radius 1 is 1.24 bits per heavy atom. The molecule has 4 nitrogen and oxygen atoms in total. The molecule has 0 aliphatic carbocycles. The number of benzene rings is 1. The first-order valence-corrected chi connectivity index (χ1v) is 7.58. The highest BCUT2D eigenvalue weighted by Crippen LogP contribution is 2.11. The summed E-state index contributed by atoms with van der Waals surface area (Å²) in [6, 6.07) is 8.28. The van der Waals surface area contributed by atoms with E-state index in [1.165, 1.54) is 11.1 Å². The van der Waals surface area contributed by atoms with Crippen LogP contribution >= 0.6 is 0 Å². The van der Waals surface area contributed by atoms with Crippen molar-refractivity contribution in [2.45, 2.75) is 26.9 Å². The molecule has 4 heteroatoms. The molecule has 116 valence electrons. The lowest BCUT2D eigenvalue weighted by Crippen LogP contribution is -2.34. The van der Waals surface area contributed by atoms with Gasteiger partial charge in [-0.3, -0.25) is 9.69 Å². The second-order valence-corrected chi connectivity index (χ2v) is 4.93. The number of amides is 1. The molecule has 2 N–H and O–H groups in total. The Morgan fingerprint density at radius 2 is 1.90 bits per heavy atom. The first-order chi connectivity index (χ1) is 10.2. The normalized spacial score (nSPS) is 10.6. The molecule has 1 aromatic carbocycles. The number of nitrogens with zero attached hydrogens (tertiary/aromatic N) is 1. The van der Waals surface area contributed by atoms with Gasteiger partial charge in [-0.1, -0.05) is 44.2 Å². The van der Waals surface area contributed by atoms with Crippen molar-refractivity contribution >= 4 is 5.91 Å². The van der Waals surface area contributed by atoms with Gasteiger partial charge in [0.05, 0.1) is 6.54 Å². The molecule has 0 heterocycles. The van der Waals surface area contributed by atoms with E-state index in [2.05, 4.69) is 54.2 Å². The first-order valence-electron chi connectivity index (χ1n) is 7.58. The van der Waals surface area contributed by atoms with Crippen molar-refractivity contribution in [1.82, 2.24) is 15.5 Å². The van der Waals surface area contributed by atoms with Gasteiger partial charge in [-0.25, -0.2) is 0 Å². The summed E-state index contributed by atoms with van der Waals surface area (Å²) in [6.45, 7) is 12.5. The summed E-state index contributed by atoms with van der Waals surface area (Å²) in [5.41, 5.74) is 2.46. The first kappa shape index (κ1) is 17.4. The van der Waals surface area contributed by atoms with Gasteiger partial charge in [-0.15, -0.1) is 6.58 Å². The molecule has 0 atom stereocenters. The fraction of sp³-hybridized carbons (Fsp3) is 0.471. The van der Waals surface area contributed by atoms with Crippen molar-refractivity contribution in [1.29, 1.82) is 0 Å². The van der Waals surface area contributed by atoms with E-state index in [4.69, 9.17) is 0 Å². The van der Waals surface area contributed by atoms with Crippen molar-refractivity contribution in [3.63, 3.8) is 0 Å². The van der Waals surface area contributed by atoms with Gasteiger partial charge in [0, 0.05) is 19.6 Å². The number of hydrogen-bond donors (Lipinski definition) is 2. The van der Waals surface area contributed by atoms with Crippen LogP contribution in [0.5, 0.6) is 0 Å². The van der Waals surface area contributed by atoms with Crippen LogP contribution in [0.2, 0.25) is 0 Å². The third-order valence-electron chi connectivity index (χ3n) is 3.46. The second kappa shape index (κ2) is 10.1. The Morgan fingerprint density at radius 3 is 2.52 bits per heavy atom. The largest absolute Gasteiger partial charge is 0.351 e. The highest BCUT2D eigenvalue weighted by Gasteiger charge is 2.07. The molecule has 0 fully saturated rings. The van der Waals surface area contributed by atoms with Gasteiger partial charge in [0.15, 0.2) is 0 Å². The standard InChI is InChI=1S/C17H27N3O/c1-4-11-18-13-17(21)19-12-15-9-7-8-10-16(15)14-20(5-2)6-3/h4,7-10,18H,1,5-6,11-14H2,2-3H3,(H,19,21). The molecule has 0 saturated heterocycles.